The van der Waals surface area contributed by atoms with Gasteiger partial charge < -0.3 is 9.64 Å². The van der Waals surface area contributed by atoms with Crippen molar-refractivity contribution >= 4 is 17.9 Å². The minimum absolute atomic E-state index is 0.153. The Balaban J connectivity index is 2.47. The molecule has 4 nitrogen and oxygen atoms in total. The SMILES string of the molecule is CCOC(=O)C(SN)C1CCN(C)CC1. The molecule has 15 heavy (non-hydrogen) atoms. The number of nitrogens with zero attached hydrogens (tertiary/aromatic N) is 1. The Kier molecular flexibility index (Phi) is 5.42. The minimum atomic E-state index is -0.182. The predicted octanol–water partition coefficient (Wildman–Crippen LogP) is 0.867. The number of likely N-dealkylation sites (tertiary alicyclic amines) is 1. The summed E-state index contributed by atoms with van der Waals surface area (Å²) in [6, 6.07) is 0. The van der Waals surface area contributed by atoms with Crippen molar-refractivity contribution in [3.05, 3.63) is 0 Å². The lowest BCUT2D eigenvalue weighted by Crippen LogP contribution is -2.38. The number of nitrogens with two attached hydrogens (primary N) is 1. The molecule has 0 spiro atoms. The van der Waals surface area contributed by atoms with Gasteiger partial charge in [-0.25, -0.2) is 0 Å². The number of carbonyl (C=O) groups is 1. The molecule has 0 aromatic carbocycles. The molecule has 0 aromatic rings. The van der Waals surface area contributed by atoms with Crippen LogP contribution in [-0.4, -0.2) is 42.9 Å². The summed E-state index contributed by atoms with van der Waals surface area (Å²) < 4.78 is 5.02. The fraction of sp³-hybridized carbons (Fsp3) is 0.900. The Labute approximate surface area is 95.7 Å². The van der Waals surface area contributed by atoms with Crippen molar-refractivity contribution in [3.63, 3.8) is 0 Å². The van der Waals surface area contributed by atoms with Gasteiger partial charge in [-0.15, -0.1) is 0 Å². The maximum Gasteiger partial charge on any atom is 0.320 e. The summed E-state index contributed by atoms with van der Waals surface area (Å²) in [6.45, 7) is 4.34. The van der Waals surface area contributed by atoms with E-state index in [0.717, 1.165) is 37.9 Å². The van der Waals surface area contributed by atoms with E-state index in [1.807, 2.05) is 6.92 Å². The number of hydrogen-bond donors (Lipinski definition) is 1. The smallest absolute Gasteiger partial charge is 0.320 e. The highest BCUT2D eigenvalue weighted by molar-refractivity contribution is 7.98. The number of carbonyl (C=O) groups excluding carboxylic acids is 1. The number of esters is 1. The lowest BCUT2D eigenvalue weighted by Gasteiger charge is -2.32. The first-order valence-corrected chi connectivity index (χ1v) is 6.34. The van der Waals surface area contributed by atoms with Crippen LogP contribution in [-0.2, 0) is 9.53 Å². The van der Waals surface area contributed by atoms with Gasteiger partial charge in [0.15, 0.2) is 0 Å². The zero-order chi connectivity index (χ0) is 11.3. The van der Waals surface area contributed by atoms with Crippen molar-refractivity contribution in [1.29, 1.82) is 0 Å². The number of hydrogen-bond acceptors (Lipinski definition) is 5. The fourth-order valence-corrected chi connectivity index (χ4v) is 2.59. The van der Waals surface area contributed by atoms with Crippen LogP contribution in [0.1, 0.15) is 19.8 Å². The Morgan fingerprint density at radius 1 is 1.60 bits per heavy atom. The van der Waals surface area contributed by atoms with E-state index in [-0.39, 0.29) is 11.2 Å². The molecular weight excluding hydrogens is 212 g/mol. The molecule has 5 heteroatoms. The van der Waals surface area contributed by atoms with E-state index in [9.17, 15) is 4.79 Å². The van der Waals surface area contributed by atoms with Gasteiger partial charge in [0.05, 0.1) is 6.61 Å². The van der Waals surface area contributed by atoms with Crippen LogP contribution in [0.5, 0.6) is 0 Å². The van der Waals surface area contributed by atoms with Crippen LogP contribution >= 0.6 is 11.9 Å². The molecular formula is C10H20N2O2S. The van der Waals surface area contributed by atoms with Crippen molar-refractivity contribution in [2.24, 2.45) is 11.1 Å². The van der Waals surface area contributed by atoms with Crippen molar-refractivity contribution in [1.82, 2.24) is 4.90 Å². The van der Waals surface area contributed by atoms with Gasteiger partial charge in [0.25, 0.3) is 0 Å². The second-order valence-electron chi connectivity index (χ2n) is 3.95. The van der Waals surface area contributed by atoms with E-state index in [1.54, 1.807) is 0 Å². The molecule has 0 aromatic heterocycles. The Morgan fingerprint density at radius 3 is 2.67 bits per heavy atom. The van der Waals surface area contributed by atoms with Crippen LogP contribution in [0.3, 0.4) is 0 Å². The van der Waals surface area contributed by atoms with Crippen LogP contribution < -0.4 is 5.14 Å². The van der Waals surface area contributed by atoms with Crippen molar-refractivity contribution in [2.45, 2.75) is 25.0 Å². The zero-order valence-corrected chi connectivity index (χ0v) is 10.3. The summed E-state index contributed by atoms with van der Waals surface area (Å²) in [4.78, 5) is 13.9. The minimum Gasteiger partial charge on any atom is -0.465 e. The van der Waals surface area contributed by atoms with Gasteiger partial charge in [0, 0.05) is 0 Å². The fourth-order valence-electron chi connectivity index (χ4n) is 1.91. The molecule has 0 aliphatic carbocycles. The molecule has 1 aliphatic rings. The molecule has 88 valence electrons. The maximum atomic E-state index is 11.6. The Hall–Kier alpha value is -0.260. The molecule has 1 aliphatic heterocycles. The van der Waals surface area contributed by atoms with Gasteiger partial charge in [0.2, 0.25) is 0 Å². The van der Waals surface area contributed by atoms with Gasteiger partial charge in [-0.05, 0) is 45.8 Å². The topological polar surface area (TPSA) is 55.6 Å². The summed E-state index contributed by atoms with van der Waals surface area (Å²) in [7, 11) is 2.10. The van der Waals surface area contributed by atoms with E-state index in [2.05, 4.69) is 11.9 Å². The average molecular weight is 232 g/mol. The van der Waals surface area contributed by atoms with Gasteiger partial charge >= 0.3 is 5.97 Å². The van der Waals surface area contributed by atoms with E-state index >= 15 is 0 Å². The molecule has 0 amide bonds. The van der Waals surface area contributed by atoms with E-state index < -0.39 is 0 Å². The number of rotatable bonds is 4. The summed E-state index contributed by atoms with van der Waals surface area (Å²) in [5, 5.41) is 5.39. The van der Waals surface area contributed by atoms with Crippen molar-refractivity contribution in [2.75, 3.05) is 26.7 Å². The third kappa shape index (κ3) is 3.66. The molecule has 1 rings (SSSR count). The summed E-state index contributed by atoms with van der Waals surface area (Å²) in [5.74, 6) is 0.217. The zero-order valence-electron chi connectivity index (χ0n) is 9.44. The van der Waals surface area contributed by atoms with Crippen LogP contribution in [0.2, 0.25) is 0 Å². The average Bonchev–Trinajstić information content (AvgIpc) is 2.22. The quantitative estimate of drug-likeness (QED) is 0.575. The summed E-state index contributed by atoms with van der Waals surface area (Å²) in [6.07, 6.45) is 2.06. The third-order valence-corrected chi connectivity index (χ3v) is 3.73. The maximum absolute atomic E-state index is 11.6. The van der Waals surface area contributed by atoms with Gasteiger partial charge in [-0.1, -0.05) is 11.9 Å². The van der Waals surface area contributed by atoms with E-state index in [1.165, 1.54) is 0 Å². The first kappa shape index (κ1) is 12.8. The number of piperidine rings is 1. The highest BCUT2D eigenvalue weighted by atomic mass is 32.2. The monoisotopic (exact) mass is 232 g/mol. The second kappa shape index (κ2) is 6.35. The molecule has 2 N–H and O–H groups in total. The molecule has 0 radical (unpaired) electrons. The van der Waals surface area contributed by atoms with Gasteiger partial charge in [0.1, 0.15) is 5.25 Å². The van der Waals surface area contributed by atoms with Crippen LogP contribution in [0.4, 0.5) is 0 Å². The first-order valence-electron chi connectivity index (χ1n) is 5.39. The molecule has 0 saturated carbocycles. The predicted molar refractivity (Wildman–Crippen MR) is 62.4 cm³/mol. The lowest BCUT2D eigenvalue weighted by atomic mass is 9.93. The molecule has 1 fully saturated rings. The molecule has 1 atom stereocenters. The standard InChI is InChI=1S/C10H20N2O2S/c1-3-14-10(13)9(15-11)8-4-6-12(2)7-5-8/h8-9H,3-7,11H2,1-2H3. The second-order valence-corrected chi connectivity index (χ2v) is 4.73. The van der Waals surface area contributed by atoms with Crippen LogP contribution in [0.25, 0.3) is 0 Å². The Bertz CT molecular complexity index is 206. The third-order valence-electron chi connectivity index (χ3n) is 2.86. The van der Waals surface area contributed by atoms with Gasteiger partial charge in [-0.3, -0.25) is 9.93 Å². The lowest BCUT2D eigenvalue weighted by molar-refractivity contribution is -0.143. The van der Waals surface area contributed by atoms with Crippen molar-refractivity contribution in [3.8, 4) is 0 Å². The highest BCUT2D eigenvalue weighted by Gasteiger charge is 2.31. The Morgan fingerprint density at radius 2 is 2.20 bits per heavy atom. The number of ether oxygens (including phenoxy) is 1. The molecule has 0 bridgehead atoms. The normalized spacial score (nSPS) is 21.3. The van der Waals surface area contributed by atoms with Gasteiger partial charge in [-0.2, -0.15) is 0 Å². The summed E-state index contributed by atoms with van der Waals surface area (Å²) >= 11 is 1.13. The van der Waals surface area contributed by atoms with Crippen LogP contribution in [0.15, 0.2) is 0 Å². The molecule has 1 saturated heterocycles. The van der Waals surface area contributed by atoms with Crippen molar-refractivity contribution < 1.29 is 9.53 Å². The van der Waals surface area contributed by atoms with Crippen LogP contribution in [0, 0.1) is 5.92 Å². The summed E-state index contributed by atoms with van der Waals surface area (Å²) in [5.41, 5.74) is 0. The molecule has 1 unspecified atom stereocenters. The van der Waals surface area contributed by atoms with E-state index in [4.69, 9.17) is 9.88 Å². The molecule has 1 heterocycles. The first-order chi connectivity index (χ1) is 7.19. The van der Waals surface area contributed by atoms with E-state index in [0.29, 0.717) is 12.5 Å². The largest absolute Gasteiger partial charge is 0.465 e. The highest BCUT2D eigenvalue weighted by Crippen LogP contribution is 2.26.